The highest BCUT2D eigenvalue weighted by molar-refractivity contribution is 6.30. The van der Waals surface area contributed by atoms with Gasteiger partial charge in [-0.25, -0.2) is 14.4 Å². The van der Waals surface area contributed by atoms with Crippen LogP contribution in [-0.4, -0.2) is 37.9 Å². The van der Waals surface area contributed by atoms with E-state index >= 15 is 0 Å². The lowest BCUT2D eigenvalue weighted by molar-refractivity contribution is -0.130. The number of H-pyrrole nitrogens is 1. The second-order valence-corrected chi connectivity index (χ2v) is 7.81. The molecule has 1 unspecified atom stereocenters. The molecular formula is C23H21ClN4O5. The number of para-hydroxylation sites is 1. The average molecular weight is 469 g/mol. The highest BCUT2D eigenvalue weighted by atomic mass is 35.5. The molecule has 1 atom stereocenters. The first-order valence-electron chi connectivity index (χ1n) is 10.3. The minimum Gasteiger partial charge on any atom is -0.494 e. The minimum absolute atomic E-state index is 0.133. The van der Waals surface area contributed by atoms with Crippen molar-refractivity contribution >= 4 is 23.2 Å². The first-order chi connectivity index (χ1) is 15.8. The van der Waals surface area contributed by atoms with Crippen molar-refractivity contribution in [2.45, 2.75) is 26.3 Å². The fourth-order valence-electron chi connectivity index (χ4n) is 3.88. The number of halogens is 1. The molecule has 2 aromatic carbocycles. The molecule has 0 saturated heterocycles. The van der Waals surface area contributed by atoms with Crippen LogP contribution in [-0.2, 0) is 4.79 Å². The van der Waals surface area contributed by atoms with Crippen molar-refractivity contribution in [1.29, 1.82) is 0 Å². The highest BCUT2D eigenvalue weighted by Crippen LogP contribution is 2.38. The van der Waals surface area contributed by atoms with E-state index in [4.69, 9.17) is 16.3 Å². The molecular weight excluding hydrogens is 448 g/mol. The molecule has 0 radical (unpaired) electrons. The molecule has 170 valence electrons. The quantitative estimate of drug-likeness (QED) is 0.597. The third-order valence-corrected chi connectivity index (χ3v) is 5.49. The summed E-state index contributed by atoms with van der Waals surface area (Å²) in [6, 6.07) is 13.0. The van der Waals surface area contributed by atoms with Crippen molar-refractivity contribution in [2.75, 3.05) is 6.61 Å². The van der Waals surface area contributed by atoms with Crippen LogP contribution >= 0.6 is 11.6 Å². The Labute approximate surface area is 193 Å². The maximum atomic E-state index is 12.7. The maximum absolute atomic E-state index is 12.7. The first kappa shape index (κ1) is 22.3. The lowest BCUT2D eigenvalue weighted by atomic mass is 9.98. The molecule has 1 aromatic heterocycles. The number of nitrogens with zero attached hydrogens (tertiary/aromatic N) is 3. The number of aromatic nitrogens is 2. The summed E-state index contributed by atoms with van der Waals surface area (Å²) >= 11 is 6.03. The van der Waals surface area contributed by atoms with Crippen LogP contribution in [0.1, 0.15) is 37.4 Å². The Morgan fingerprint density at radius 3 is 2.70 bits per heavy atom. The number of hydrazone groups is 1. The predicted molar refractivity (Wildman–Crippen MR) is 123 cm³/mol. The van der Waals surface area contributed by atoms with Gasteiger partial charge in [0.25, 0.3) is 5.56 Å². The van der Waals surface area contributed by atoms with Gasteiger partial charge in [0.15, 0.2) is 0 Å². The van der Waals surface area contributed by atoms with Crippen molar-refractivity contribution in [3.63, 3.8) is 0 Å². The fourth-order valence-corrected chi connectivity index (χ4v) is 4.06. The largest absolute Gasteiger partial charge is 0.494 e. The van der Waals surface area contributed by atoms with Gasteiger partial charge in [0.2, 0.25) is 11.8 Å². The number of amides is 1. The van der Waals surface area contributed by atoms with Gasteiger partial charge in [-0.1, -0.05) is 35.9 Å². The summed E-state index contributed by atoms with van der Waals surface area (Å²) in [6.07, 6.45) is 0.133. The number of carbonyl (C=O) groups excluding carboxylic acids is 1. The molecule has 0 saturated carbocycles. The summed E-state index contributed by atoms with van der Waals surface area (Å²) in [7, 11) is 0. The molecule has 33 heavy (non-hydrogen) atoms. The Kier molecular flexibility index (Phi) is 6.06. The molecule has 0 bridgehead atoms. The van der Waals surface area contributed by atoms with E-state index in [1.54, 1.807) is 24.3 Å². The zero-order valence-electron chi connectivity index (χ0n) is 17.9. The smallest absolute Gasteiger partial charge is 0.335 e. The van der Waals surface area contributed by atoms with Crippen LogP contribution in [0.4, 0.5) is 0 Å². The van der Waals surface area contributed by atoms with Gasteiger partial charge in [-0.15, -0.1) is 0 Å². The highest BCUT2D eigenvalue weighted by Gasteiger charge is 2.36. The van der Waals surface area contributed by atoms with E-state index in [2.05, 4.69) is 10.1 Å². The van der Waals surface area contributed by atoms with E-state index < -0.39 is 23.2 Å². The van der Waals surface area contributed by atoms with Crippen molar-refractivity contribution in [3.8, 4) is 17.3 Å². The summed E-state index contributed by atoms with van der Waals surface area (Å²) in [5, 5.41) is 16.9. The zero-order chi connectivity index (χ0) is 23.7. The predicted octanol–water partition coefficient (Wildman–Crippen LogP) is 2.98. The van der Waals surface area contributed by atoms with Gasteiger partial charge in [-0.3, -0.25) is 14.6 Å². The van der Waals surface area contributed by atoms with Crippen molar-refractivity contribution in [1.82, 2.24) is 14.6 Å². The molecule has 0 aliphatic carbocycles. The normalized spacial score (nSPS) is 15.4. The Bertz CT molecular complexity index is 1380. The molecule has 1 aliphatic rings. The number of hydrogen-bond donors (Lipinski definition) is 2. The number of aromatic amines is 1. The summed E-state index contributed by atoms with van der Waals surface area (Å²) in [6.45, 7) is 3.65. The molecule has 10 heteroatoms. The van der Waals surface area contributed by atoms with Gasteiger partial charge in [0.1, 0.15) is 11.3 Å². The molecule has 2 heterocycles. The Morgan fingerprint density at radius 2 is 2.00 bits per heavy atom. The SMILES string of the molecule is CCOc1ccccc1C1CC(c2c(O)n(-c3cccc(Cl)c3)c(=O)[nH]c2=O)=NN1C(C)=O. The van der Waals surface area contributed by atoms with Crippen LogP contribution in [0.3, 0.4) is 0 Å². The van der Waals surface area contributed by atoms with Gasteiger partial charge in [0.05, 0.1) is 24.0 Å². The van der Waals surface area contributed by atoms with Gasteiger partial charge < -0.3 is 9.84 Å². The van der Waals surface area contributed by atoms with Crippen LogP contribution in [0.2, 0.25) is 5.02 Å². The molecule has 3 aromatic rings. The number of benzene rings is 2. The third kappa shape index (κ3) is 4.14. The van der Waals surface area contributed by atoms with Crippen LogP contribution in [0.15, 0.2) is 63.2 Å². The summed E-state index contributed by atoms with van der Waals surface area (Å²) < 4.78 is 6.64. The molecule has 4 rings (SSSR count). The number of nitrogens with one attached hydrogen (secondary N) is 1. The second kappa shape index (κ2) is 8.95. The van der Waals surface area contributed by atoms with E-state index in [1.807, 2.05) is 25.1 Å². The molecule has 9 nitrogen and oxygen atoms in total. The minimum atomic E-state index is -0.830. The second-order valence-electron chi connectivity index (χ2n) is 7.37. The summed E-state index contributed by atoms with van der Waals surface area (Å²) in [4.78, 5) is 39.8. The van der Waals surface area contributed by atoms with Gasteiger partial charge in [-0.2, -0.15) is 5.10 Å². The number of hydrogen-bond acceptors (Lipinski definition) is 6. The number of carbonyl (C=O) groups is 1. The lowest BCUT2D eigenvalue weighted by Gasteiger charge is -2.22. The Balaban J connectivity index is 1.84. The maximum Gasteiger partial charge on any atom is 0.335 e. The third-order valence-electron chi connectivity index (χ3n) is 5.25. The molecule has 1 amide bonds. The van der Waals surface area contributed by atoms with E-state index in [-0.39, 0.29) is 29.3 Å². The number of aromatic hydroxyl groups is 1. The zero-order valence-corrected chi connectivity index (χ0v) is 18.7. The van der Waals surface area contributed by atoms with Crippen LogP contribution in [0.25, 0.3) is 5.69 Å². The van der Waals surface area contributed by atoms with Crippen LogP contribution in [0, 0.1) is 0 Å². The summed E-state index contributed by atoms with van der Waals surface area (Å²) in [5.41, 5.74) is -0.691. The lowest BCUT2D eigenvalue weighted by Crippen LogP contribution is -2.33. The Morgan fingerprint density at radius 1 is 1.24 bits per heavy atom. The van der Waals surface area contributed by atoms with Gasteiger partial charge >= 0.3 is 5.69 Å². The first-order valence-corrected chi connectivity index (χ1v) is 10.6. The Hall–Kier alpha value is -3.85. The van der Waals surface area contributed by atoms with Crippen LogP contribution < -0.4 is 16.0 Å². The topological polar surface area (TPSA) is 117 Å². The van der Waals surface area contributed by atoms with Crippen molar-refractivity contribution in [2.24, 2.45) is 5.10 Å². The fraction of sp³-hybridized carbons (Fsp3) is 0.217. The van der Waals surface area contributed by atoms with E-state index in [1.165, 1.54) is 18.0 Å². The van der Waals surface area contributed by atoms with E-state index in [0.717, 1.165) is 4.57 Å². The van der Waals surface area contributed by atoms with Crippen molar-refractivity contribution in [3.05, 3.63) is 85.5 Å². The van der Waals surface area contributed by atoms with Crippen molar-refractivity contribution < 1.29 is 14.6 Å². The monoisotopic (exact) mass is 468 g/mol. The van der Waals surface area contributed by atoms with Gasteiger partial charge in [-0.05, 0) is 31.2 Å². The van der Waals surface area contributed by atoms with Crippen LogP contribution in [0.5, 0.6) is 11.6 Å². The molecule has 1 aliphatic heterocycles. The van der Waals surface area contributed by atoms with E-state index in [9.17, 15) is 19.5 Å². The molecule has 0 fully saturated rings. The molecule has 0 spiro atoms. The van der Waals surface area contributed by atoms with E-state index in [0.29, 0.717) is 22.9 Å². The summed E-state index contributed by atoms with van der Waals surface area (Å²) in [5.74, 6) is -0.345. The van der Waals surface area contributed by atoms with Gasteiger partial charge in [0, 0.05) is 23.9 Å². The molecule has 2 N–H and O–H groups in total. The number of rotatable bonds is 5. The average Bonchev–Trinajstić information content (AvgIpc) is 3.19. The number of ether oxygens (including phenoxy) is 1. The standard InChI is InChI=1S/C23H21ClN4O5/c1-3-33-19-10-5-4-9-16(19)18-12-17(26-28(18)13(2)29)20-21(30)25-23(32)27(22(20)31)15-8-6-7-14(24)11-15/h4-11,18,31H,3,12H2,1-2H3,(H,25,30,32).